The molecule has 0 saturated carbocycles. The standard InChI is InChI=1S/C28H34FN7O3/c1-19(37)33-24-16-22(9-10-25(24)39-14-6-13-36-11-3-2-4-12-36)34-28-32-18-23(26(30)38)27(35-28)31-17-20-7-5-8-21(29)15-20/h5,7-10,15-16,18H,2-4,6,11-14,17H2,1H3,(H2,30,38)(H,33,37)(H2,31,32,34,35). The number of piperidine rings is 1. The summed E-state index contributed by atoms with van der Waals surface area (Å²) < 4.78 is 19.5. The Balaban J connectivity index is 1.44. The van der Waals surface area contributed by atoms with E-state index < -0.39 is 5.91 Å². The second kappa shape index (κ2) is 13.5. The zero-order valence-electron chi connectivity index (χ0n) is 22.0. The number of carbonyl (C=O) groups excluding carboxylic acids is 2. The normalized spacial score (nSPS) is 13.5. The largest absolute Gasteiger partial charge is 0.491 e. The topological polar surface area (TPSA) is 135 Å². The zero-order valence-corrected chi connectivity index (χ0v) is 22.0. The molecule has 0 bridgehead atoms. The van der Waals surface area contributed by atoms with Gasteiger partial charge in [-0.05, 0) is 68.2 Å². The summed E-state index contributed by atoms with van der Waals surface area (Å²) in [6, 6.07) is 11.4. The van der Waals surface area contributed by atoms with Crippen molar-refractivity contribution >= 4 is 35.0 Å². The van der Waals surface area contributed by atoms with Crippen LogP contribution in [0.1, 0.15) is 48.5 Å². The molecule has 0 unspecified atom stereocenters. The summed E-state index contributed by atoms with van der Waals surface area (Å²) in [6.45, 7) is 5.47. The summed E-state index contributed by atoms with van der Waals surface area (Å²) >= 11 is 0. The molecule has 0 atom stereocenters. The highest BCUT2D eigenvalue weighted by molar-refractivity contribution is 5.97. The van der Waals surface area contributed by atoms with Gasteiger partial charge in [-0.3, -0.25) is 9.59 Å². The minimum absolute atomic E-state index is 0.101. The molecule has 1 aliphatic heterocycles. The molecule has 1 saturated heterocycles. The summed E-state index contributed by atoms with van der Waals surface area (Å²) in [5.74, 6) is -0.310. The van der Waals surface area contributed by atoms with Crippen LogP contribution in [0.25, 0.3) is 0 Å². The molecular formula is C28H34FN7O3. The van der Waals surface area contributed by atoms with Crippen LogP contribution >= 0.6 is 0 Å². The molecule has 0 radical (unpaired) electrons. The van der Waals surface area contributed by atoms with Crippen molar-refractivity contribution in [1.82, 2.24) is 14.9 Å². The zero-order chi connectivity index (χ0) is 27.6. The predicted octanol–water partition coefficient (Wildman–Crippen LogP) is 4.28. The van der Waals surface area contributed by atoms with Crippen molar-refractivity contribution in [3.8, 4) is 5.75 Å². The molecule has 1 fully saturated rings. The number of likely N-dealkylation sites (tertiary alicyclic amines) is 1. The molecule has 0 aliphatic carbocycles. The quantitative estimate of drug-likeness (QED) is 0.253. The van der Waals surface area contributed by atoms with Crippen molar-refractivity contribution < 1.29 is 18.7 Å². The van der Waals surface area contributed by atoms with E-state index in [2.05, 4.69) is 30.8 Å². The molecule has 11 heteroatoms. The van der Waals surface area contributed by atoms with Crippen LogP contribution < -0.4 is 26.4 Å². The molecule has 2 heterocycles. The number of benzene rings is 2. The number of nitrogens with one attached hydrogen (secondary N) is 3. The number of aromatic nitrogens is 2. The number of hydrogen-bond acceptors (Lipinski definition) is 8. The fourth-order valence-electron chi connectivity index (χ4n) is 4.39. The van der Waals surface area contributed by atoms with E-state index >= 15 is 0 Å². The van der Waals surface area contributed by atoms with Gasteiger partial charge in [0, 0.05) is 31.9 Å². The molecule has 3 aromatic rings. The lowest BCUT2D eigenvalue weighted by Crippen LogP contribution is -2.31. The summed E-state index contributed by atoms with van der Waals surface area (Å²) in [6.07, 6.45) is 6.02. The van der Waals surface area contributed by atoms with E-state index in [1.165, 1.54) is 44.5 Å². The maximum atomic E-state index is 13.5. The van der Waals surface area contributed by atoms with E-state index in [1.54, 1.807) is 30.3 Å². The van der Waals surface area contributed by atoms with Gasteiger partial charge < -0.3 is 31.3 Å². The Morgan fingerprint density at radius 3 is 2.69 bits per heavy atom. The number of anilines is 4. The number of amides is 2. The van der Waals surface area contributed by atoms with E-state index in [-0.39, 0.29) is 35.6 Å². The molecule has 39 heavy (non-hydrogen) atoms. The average molecular weight is 536 g/mol. The summed E-state index contributed by atoms with van der Waals surface area (Å²) in [7, 11) is 0. The van der Waals surface area contributed by atoms with E-state index in [0.717, 1.165) is 26.1 Å². The number of ether oxygens (including phenoxy) is 1. The van der Waals surface area contributed by atoms with Crippen molar-refractivity contribution in [1.29, 1.82) is 0 Å². The summed E-state index contributed by atoms with van der Waals surface area (Å²) in [5, 5.41) is 8.91. The van der Waals surface area contributed by atoms with Gasteiger partial charge in [0.2, 0.25) is 11.9 Å². The average Bonchev–Trinajstić information content (AvgIpc) is 2.91. The van der Waals surface area contributed by atoms with Crippen molar-refractivity contribution in [2.45, 2.75) is 39.2 Å². The lowest BCUT2D eigenvalue weighted by atomic mass is 10.1. The van der Waals surface area contributed by atoms with Gasteiger partial charge in [-0.1, -0.05) is 18.6 Å². The van der Waals surface area contributed by atoms with Gasteiger partial charge in [-0.15, -0.1) is 0 Å². The van der Waals surface area contributed by atoms with Crippen molar-refractivity contribution in [2.75, 3.05) is 42.2 Å². The third-order valence-corrected chi connectivity index (χ3v) is 6.27. The fourth-order valence-corrected chi connectivity index (χ4v) is 4.39. The smallest absolute Gasteiger partial charge is 0.254 e. The summed E-state index contributed by atoms with van der Waals surface area (Å²) in [4.78, 5) is 34.8. The van der Waals surface area contributed by atoms with Gasteiger partial charge in [0.1, 0.15) is 17.4 Å². The first kappa shape index (κ1) is 27.8. The molecule has 2 amide bonds. The summed E-state index contributed by atoms with van der Waals surface area (Å²) in [5.41, 5.74) is 7.38. The Hall–Kier alpha value is -4.25. The monoisotopic (exact) mass is 535 g/mol. The Bertz CT molecular complexity index is 1300. The minimum Gasteiger partial charge on any atom is -0.491 e. The van der Waals surface area contributed by atoms with Gasteiger partial charge >= 0.3 is 0 Å². The van der Waals surface area contributed by atoms with Gasteiger partial charge in [0.15, 0.2) is 0 Å². The Kier molecular flexibility index (Phi) is 9.63. The molecular weight excluding hydrogens is 501 g/mol. The van der Waals surface area contributed by atoms with E-state index in [1.807, 2.05) is 0 Å². The number of halogens is 1. The van der Waals surface area contributed by atoms with Crippen LogP contribution in [-0.2, 0) is 11.3 Å². The number of carbonyl (C=O) groups is 2. The highest BCUT2D eigenvalue weighted by atomic mass is 19.1. The molecule has 2 aromatic carbocycles. The van der Waals surface area contributed by atoms with Gasteiger partial charge in [-0.25, -0.2) is 9.37 Å². The van der Waals surface area contributed by atoms with Crippen molar-refractivity contribution in [2.24, 2.45) is 5.73 Å². The lowest BCUT2D eigenvalue weighted by molar-refractivity contribution is -0.114. The van der Waals surface area contributed by atoms with E-state index in [4.69, 9.17) is 10.5 Å². The van der Waals surface area contributed by atoms with Crippen LogP contribution in [0.3, 0.4) is 0 Å². The third kappa shape index (κ3) is 8.37. The Morgan fingerprint density at radius 2 is 1.95 bits per heavy atom. The predicted molar refractivity (Wildman–Crippen MR) is 149 cm³/mol. The number of hydrogen-bond donors (Lipinski definition) is 4. The fraction of sp³-hybridized carbons (Fsp3) is 0.357. The van der Waals surface area contributed by atoms with Crippen LogP contribution in [-0.4, -0.2) is 52.9 Å². The van der Waals surface area contributed by atoms with Crippen LogP contribution in [0.5, 0.6) is 5.75 Å². The highest BCUT2D eigenvalue weighted by Gasteiger charge is 2.14. The molecule has 0 spiro atoms. The first-order valence-corrected chi connectivity index (χ1v) is 13.1. The van der Waals surface area contributed by atoms with Crippen LogP contribution in [0.15, 0.2) is 48.7 Å². The number of rotatable bonds is 12. The van der Waals surface area contributed by atoms with Crippen LogP contribution in [0.2, 0.25) is 0 Å². The SMILES string of the molecule is CC(=O)Nc1cc(Nc2ncc(C(N)=O)c(NCc3cccc(F)c3)n2)ccc1OCCCN1CCCCC1. The molecule has 4 rings (SSSR count). The Labute approximate surface area is 227 Å². The van der Waals surface area contributed by atoms with E-state index in [9.17, 15) is 14.0 Å². The van der Waals surface area contributed by atoms with Crippen molar-refractivity contribution in [3.05, 3.63) is 65.6 Å². The molecule has 206 valence electrons. The molecule has 1 aliphatic rings. The van der Waals surface area contributed by atoms with Crippen LogP contribution in [0.4, 0.5) is 27.5 Å². The van der Waals surface area contributed by atoms with E-state index in [0.29, 0.717) is 29.3 Å². The molecule has 1 aromatic heterocycles. The molecule has 10 nitrogen and oxygen atoms in total. The van der Waals surface area contributed by atoms with Crippen molar-refractivity contribution in [3.63, 3.8) is 0 Å². The lowest BCUT2D eigenvalue weighted by Gasteiger charge is -2.26. The Morgan fingerprint density at radius 1 is 1.13 bits per heavy atom. The first-order valence-electron chi connectivity index (χ1n) is 13.1. The third-order valence-electron chi connectivity index (χ3n) is 6.27. The number of nitrogens with zero attached hydrogens (tertiary/aromatic N) is 3. The minimum atomic E-state index is -0.696. The maximum absolute atomic E-state index is 13.5. The van der Waals surface area contributed by atoms with Crippen LogP contribution in [0, 0.1) is 5.82 Å². The first-order chi connectivity index (χ1) is 18.9. The second-order valence-corrected chi connectivity index (χ2v) is 9.43. The molecule has 5 N–H and O–H groups in total. The van der Waals surface area contributed by atoms with Gasteiger partial charge in [0.25, 0.3) is 5.91 Å². The number of nitrogens with two attached hydrogens (primary N) is 1. The van der Waals surface area contributed by atoms with Gasteiger partial charge in [-0.2, -0.15) is 4.98 Å². The number of primary amides is 1. The maximum Gasteiger partial charge on any atom is 0.254 e. The second-order valence-electron chi connectivity index (χ2n) is 9.43. The highest BCUT2D eigenvalue weighted by Crippen LogP contribution is 2.30. The van der Waals surface area contributed by atoms with Gasteiger partial charge in [0.05, 0.1) is 17.9 Å².